The van der Waals surface area contributed by atoms with Gasteiger partial charge >= 0.3 is 0 Å². The highest BCUT2D eigenvalue weighted by Crippen LogP contribution is 2.45. The molecule has 4 nitrogen and oxygen atoms in total. The fourth-order valence-electron chi connectivity index (χ4n) is 3.16. The molecule has 0 aromatic heterocycles. The molecule has 1 heterocycles. The summed E-state index contributed by atoms with van der Waals surface area (Å²) in [6.45, 7) is 1.61. The second-order valence-corrected chi connectivity index (χ2v) is 5.38. The first-order chi connectivity index (χ1) is 8.08. The molecule has 2 fully saturated rings. The SMILES string of the molecule is CC(C#N)N1C(=O)CC2(CCCCC2)CC1=O. The Bertz CT molecular complexity index is 357. The van der Waals surface area contributed by atoms with Crippen molar-refractivity contribution in [3.8, 4) is 6.07 Å². The highest BCUT2D eigenvalue weighted by Gasteiger charge is 2.45. The molecule has 1 unspecified atom stereocenters. The smallest absolute Gasteiger partial charge is 0.230 e. The molecule has 0 bridgehead atoms. The van der Waals surface area contributed by atoms with Gasteiger partial charge in [0.1, 0.15) is 6.04 Å². The van der Waals surface area contributed by atoms with Gasteiger partial charge in [-0.15, -0.1) is 0 Å². The zero-order valence-corrected chi connectivity index (χ0v) is 10.2. The number of hydrogen-bond acceptors (Lipinski definition) is 3. The van der Waals surface area contributed by atoms with Crippen LogP contribution in [0.15, 0.2) is 0 Å². The average Bonchev–Trinajstić information content (AvgIpc) is 2.28. The van der Waals surface area contributed by atoms with Gasteiger partial charge in [-0.05, 0) is 25.2 Å². The highest BCUT2D eigenvalue weighted by atomic mass is 16.2. The number of imide groups is 1. The van der Waals surface area contributed by atoms with E-state index in [2.05, 4.69) is 0 Å². The van der Waals surface area contributed by atoms with Crippen LogP contribution in [-0.2, 0) is 9.59 Å². The summed E-state index contributed by atoms with van der Waals surface area (Å²) >= 11 is 0. The van der Waals surface area contributed by atoms with Crippen LogP contribution in [0, 0.1) is 16.7 Å². The van der Waals surface area contributed by atoms with Crippen LogP contribution in [0.2, 0.25) is 0 Å². The molecule has 1 aliphatic carbocycles. The van der Waals surface area contributed by atoms with Gasteiger partial charge < -0.3 is 0 Å². The van der Waals surface area contributed by atoms with Crippen molar-refractivity contribution in [2.75, 3.05) is 0 Å². The van der Waals surface area contributed by atoms with Crippen LogP contribution in [0.4, 0.5) is 0 Å². The number of nitrogens with zero attached hydrogens (tertiary/aromatic N) is 2. The molecule has 1 aliphatic heterocycles. The van der Waals surface area contributed by atoms with Gasteiger partial charge in [0.25, 0.3) is 0 Å². The molecule has 0 radical (unpaired) electrons. The number of likely N-dealkylation sites (tertiary alicyclic amines) is 1. The molecule has 0 aromatic rings. The standard InChI is InChI=1S/C13H18N2O2/c1-10(9-14)15-11(16)7-13(8-12(15)17)5-3-2-4-6-13/h10H,2-8H2,1H3. The Labute approximate surface area is 102 Å². The second-order valence-electron chi connectivity index (χ2n) is 5.38. The predicted octanol–water partition coefficient (Wildman–Crippen LogP) is 2.00. The Hall–Kier alpha value is -1.37. The van der Waals surface area contributed by atoms with Crippen molar-refractivity contribution in [1.82, 2.24) is 4.90 Å². The lowest BCUT2D eigenvalue weighted by Gasteiger charge is -2.42. The molecule has 4 heteroatoms. The number of piperidine rings is 1. The lowest BCUT2D eigenvalue weighted by Crippen LogP contribution is -2.51. The molecule has 1 saturated heterocycles. The Morgan fingerprint density at radius 1 is 1.18 bits per heavy atom. The Kier molecular flexibility index (Phi) is 3.19. The van der Waals surface area contributed by atoms with Crippen molar-refractivity contribution >= 4 is 11.8 Å². The van der Waals surface area contributed by atoms with E-state index in [0.717, 1.165) is 30.6 Å². The van der Waals surface area contributed by atoms with Gasteiger partial charge in [-0.1, -0.05) is 19.3 Å². The summed E-state index contributed by atoms with van der Waals surface area (Å²) in [5.41, 5.74) is -0.0852. The summed E-state index contributed by atoms with van der Waals surface area (Å²) in [4.78, 5) is 25.2. The number of amides is 2. The van der Waals surface area contributed by atoms with Crippen molar-refractivity contribution in [3.63, 3.8) is 0 Å². The van der Waals surface area contributed by atoms with E-state index < -0.39 is 6.04 Å². The molecule has 2 rings (SSSR count). The van der Waals surface area contributed by atoms with Crippen molar-refractivity contribution in [2.24, 2.45) is 5.41 Å². The normalized spacial score (nSPS) is 25.8. The zero-order valence-electron chi connectivity index (χ0n) is 10.2. The molecule has 0 N–H and O–H groups in total. The highest BCUT2D eigenvalue weighted by molar-refractivity contribution is 5.99. The summed E-state index contributed by atoms with van der Waals surface area (Å²) in [6, 6.07) is 1.34. The predicted molar refractivity (Wildman–Crippen MR) is 61.7 cm³/mol. The van der Waals surface area contributed by atoms with E-state index in [1.54, 1.807) is 6.92 Å². The molecule has 0 aromatic carbocycles. The monoisotopic (exact) mass is 234 g/mol. The minimum Gasteiger partial charge on any atom is -0.274 e. The van der Waals surface area contributed by atoms with Crippen LogP contribution >= 0.6 is 0 Å². The molecule has 2 aliphatic rings. The summed E-state index contributed by atoms with van der Waals surface area (Å²) in [5.74, 6) is -0.311. The first-order valence-corrected chi connectivity index (χ1v) is 6.32. The third-order valence-corrected chi connectivity index (χ3v) is 4.08. The van der Waals surface area contributed by atoms with Crippen LogP contribution in [0.5, 0.6) is 0 Å². The quantitative estimate of drug-likeness (QED) is 0.652. The molecular formula is C13H18N2O2. The van der Waals surface area contributed by atoms with Crippen LogP contribution in [0.3, 0.4) is 0 Å². The molecule has 92 valence electrons. The van der Waals surface area contributed by atoms with E-state index in [9.17, 15) is 9.59 Å². The van der Waals surface area contributed by atoms with E-state index in [0.29, 0.717) is 12.8 Å². The van der Waals surface area contributed by atoms with E-state index >= 15 is 0 Å². The molecule has 1 spiro atoms. The molecule has 2 amide bonds. The fourth-order valence-corrected chi connectivity index (χ4v) is 3.16. The van der Waals surface area contributed by atoms with Crippen LogP contribution in [0.25, 0.3) is 0 Å². The first kappa shape index (κ1) is 12.1. The lowest BCUT2D eigenvalue weighted by molar-refractivity contribution is -0.155. The van der Waals surface area contributed by atoms with Crippen LogP contribution < -0.4 is 0 Å². The second kappa shape index (κ2) is 4.48. The van der Waals surface area contributed by atoms with Gasteiger partial charge in [-0.25, -0.2) is 0 Å². The van der Waals surface area contributed by atoms with Gasteiger partial charge in [0.15, 0.2) is 0 Å². The lowest BCUT2D eigenvalue weighted by atomic mass is 9.67. The number of rotatable bonds is 1. The first-order valence-electron chi connectivity index (χ1n) is 6.32. The van der Waals surface area contributed by atoms with E-state index in [1.807, 2.05) is 6.07 Å². The topological polar surface area (TPSA) is 61.2 Å². The van der Waals surface area contributed by atoms with Gasteiger partial charge in [0.2, 0.25) is 11.8 Å². The number of carbonyl (C=O) groups is 2. The van der Waals surface area contributed by atoms with Gasteiger partial charge in [0.05, 0.1) is 6.07 Å². The van der Waals surface area contributed by atoms with Crippen LogP contribution in [-0.4, -0.2) is 22.8 Å². The molecule has 1 atom stereocenters. The van der Waals surface area contributed by atoms with Crippen molar-refractivity contribution in [3.05, 3.63) is 0 Å². The Morgan fingerprint density at radius 2 is 1.71 bits per heavy atom. The number of nitriles is 1. The fraction of sp³-hybridized carbons (Fsp3) is 0.769. The molecular weight excluding hydrogens is 216 g/mol. The van der Waals surface area contributed by atoms with Gasteiger partial charge in [-0.3, -0.25) is 14.5 Å². The Morgan fingerprint density at radius 3 is 2.18 bits per heavy atom. The number of carbonyl (C=O) groups excluding carboxylic acids is 2. The zero-order chi connectivity index (χ0) is 12.5. The number of hydrogen-bond donors (Lipinski definition) is 0. The summed E-state index contributed by atoms with van der Waals surface area (Å²) in [6.07, 6.45) is 6.32. The third-order valence-electron chi connectivity index (χ3n) is 4.08. The van der Waals surface area contributed by atoms with Crippen LogP contribution in [0.1, 0.15) is 51.9 Å². The van der Waals surface area contributed by atoms with Crippen molar-refractivity contribution < 1.29 is 9.59 Å². The third kappa shape index (κ3) is 2.19. The van der Waals surface area contributed by atoms with E-state index in [1.165, 1.54) is 6.42 Å². The minimum atomic E-state index is -0.629. The maximum absolute atomic E-state index is 12.0. The summed E-state index contributed by atoms with van der Waals surface area (Å²) in [7, 11) is 0. The minimum absolute atomic E-state index is 0.0852. The largest absolute Gasteiger partial charge is 0.274 e. The average molecular weight is 234 g/mol. The van der Waals surface area contributed by atoms with Crippen molar-refractivity contribution in [2.45, 2.75) is 57.9 Å². The summed E-state index contributed by atoms with van der Waals surface area (Å²) < 4.78 is 0. The molecule has 1 saturated carbocycles. The maximum atomic E-state index is 12.0. The van der Waals surface area contributed by atoms with E-state index in [-0.39, 0.29) is 17.2 Å². The van der Waals surface area contributed by atoms with E-state index in [4.69, 9.17) is 5.26 Å². The maximum Gasteiger partial charge on any atom is 0.230 e. The Balaban J connectivity index is 2.15. The van der Waals surface area contributed by atoms with Gasteiger partial charge in [0, 0.05) is 12.8 Å². The summed E-state index contributed by atoms with van der Waals surface area (Å²) in [5, 5.41) is 8.83. The van der Waals surface area contributed by atoms with Gasteiger partial charge in [-0.2, -0.15) is 5.26 Å². The van der Waals surface area contributed by atoms with Crippen molar-refractivity contribution in [1.29, 1.82) is 5.26 Å². The molecule has 17 heavy (non-hydrogen) atoms.